The minimum atomic E-state index is -0.0732. The summed E-state index contributed by atoms with van der Waals surface area (Å²) in [4.78, 5) is 20.0. The molecule has 2 aliphatic rings. The number of methoxy groups -OCH3 is 1. The normalized spacial score (nSPS) is 15.1. The summed E-state index contributed by atoms with van der Waals surface area (Å²) in [6.07, 6.45) is 6.70. The number of pyridine rings is 2. The van der Waals surface area contributed by atoms with Crippen LogP contribution in [-0.4, -0.2) is 56.2 Å². The molecule has 0 N–H and O–H groups in total. The first-order chi connectivity index (χ1) is 17.1. The lowest BCUT2D eigenvalue weighted by Gasteiger charge is -2.29. The SMILES string of the molecule is COCCOc1cc(Cl)cc(Cn2ccc(C3=CCc4ncc(N5CCOCC5)cc43)cc2=O)c1. The Morgan fingerprint density at radius 3 is 2.77 bits per heavy atom. The molecule has 35 heavy (non-hydrogen) atoms. The zero-order valence-corrected chi connectivity index (χ0v) is 20.5. The van der Waals surface area contributed by atoms with Gasteiger partial charge in [0.2, 0.25) is 0 Å². The van der Waals surface area contributed by atoms with Gasteiger partial charge in [0.1, 0.15) is 12.4 Å². The Balaban J connectivity index is 1.35. The minimum Gasteiger partial charge on any atom is -0.491 e. The predicted molar refractivity (Wildman–Crippen MR) is 137 cm³/mol. The van der Waals surface area contributed by atoms with E-state index in [9.17, 15) is 4.79 Å². The Kier molecular flexibility index (Phi) is 7.18. The fraction of sp³-hybridized carbons (Fsp3) is 0.333. The zero-order chi connectivity index (χ0) is 24.2. The summed E-state index contributed by atoms with van der Waals surface area (Å²) in [6.45, 7) is 4.50. The molecule has 1 fully saturated rings. The number of nitrogens with zero attached hydrogens (tertiary/aromatic N) is 3. The average Bonchev–Trinajstić information content (AvgIpc) is 3.29. The van der Waals surface area contributed by atoms with Crippen molar-refractivity contribution in [1.29, 1.82) is 0 Å². The Bertz CT molecular complexity index is 1300. The van der Waals surface area contributed by atoms with Gasteiger partial charge in [-0.1, -0.05) is 17.7 Å². The number of hydrogen-bond donors (Lipinski definition) is 0. The van der Waals surface area contributed by atoms with E-state index in [2.05, 4.69) is 17.0 Å². The minimum absolute atomic E-state index is 0.0732. The van der Waals surface area contributed by atoms with Crippen LogP contribution < -0.4 is 15.2 Å². The standard InChI is InChI=1S/C27H28ClN3O4/c1-33-10-11-35-23-13-19(12-21(28)15-23)18-31-5-4-20(14-27(31)32)24-2-3-26-25(24)16-22(17-29-26)30-6-8-34-9-7-30/h2,4-5,12-17H,3,6-11,18H2,1H3. The second-order valence-electron chi connectivity index (χ2n) is 8.63. The third-order valence-electron chi connectivity index (χ3n) is 6.27. The molecule has 182 valence electrons. The van der Waals surface area contributed by atoms with E-state index in [1.165, 1.54) is 0 Å². The predicted octanol–water partition coefficient (Wildman–Crippen LogP) is 3.79. The number of aromatic nitrogens is 2. The number of benzene rings is 1. The number of fused-ring (bicyclic) bond motifs is 1. The summed E-state index contributed by atoms with van der Waals surface area (Å²) in [5.41, 5.74) is 6.02. The molecule has 2 aromatic heterocycles. The van der Waals surface area contributed by atoms with Crippen LogP contribution in [0.3, 0.4) is 0 Å². The lowest BCUT2D eigenvalue weighted by molar-refractivity contribution is 0.122. The molecule has 0 saturated carbocycles. The van der Waals surface area contributed by atoms with Crippen LogP contribution in [-0.2, 0) is 22.4 Å². The lowest BCUT2D eigenvalue weighted by atomic mass is 10.0. The maximum Gasteiger partial charge on any atom is 0.251 e. The third-order valence-corrected chi connectivity index (χ3v) is 6.49. The van der Waals surface area contributed by atoms with E-state index in [0.29, 0.717) is 30.5 Å². The molecule has 8 heteroatoms. The van der Waals surface area contributed by atoms with Gasteiger partial charge in [0.15, 0.2) is 0 Å². The summed E-state index contributed by atoms with van der Waals surface area (Å²) in [5, 5.41) is 0.566. The van der Waals surface area contributed by atoms with Gasteiger partial charge in [-0.25, -0.2) is 0 Å². The van der Waals surface area contributed by atoms with Gasteiger partial charge in [0.05, 0.1) is 43.9 Å². The zero-order valence-electron chi connectivity index (χ0n) is 19.7. The van der Waals surface area contributed by atoms with Crippen molar-refractivity contribution in [3.05, 3.63) is 92.6 Å². The number of morpholine rings is 1. The number of rotatable bonds is 8. The van der Waals surface area contributed by atoms with Gasteiger partial charge in [-0.15, -0.1) is 0 Å². The number of allylic oxidation sites excluding steroid dienone is 1. The fourth-order valence-electron chi connectivity index (χ4n) is 4.50. The van der Waals surface area contributed by atoms with Crippen molar-refractivity contribution in [2.75, 3.05) is 51.5 Å². The summed E-state index contributed by atoms with van der Waals surface area (Å²) < 4.78 is 17.9. The fourth-order valence-corrected chi connectivity index (χ4v) is 4.74. The largest absolute Gasteiger partial charge is 0.491 e. The molecule has 7 nitrogen and oxygen atoms in total. The van der Waals surface area contributed by atoms with Gasteiger partial charge in [-0.2, -0.15) is 0 Å². The van der Waals surface area contributed by atoms with E-state index < -0.39 is 0 Å². The maximum absolute atomic E-state index is 13.0. The molecule has 5 rings (SSSR count). The molecule has 1 aliphatic carbocycles. The molecule has 0 bridgehead atoms. The first kappa shape index (κ1) is 23.6. The topological polar surface area (TPSA) is 65.8 Å². The number of halogens is 1. The van der Waals surface area contributed by atoms with Gasteiger partial charge in [0.25, 0.3) is 5.56 Å². The van der Waals surface area contributed by atoms with Crippen LogP contribution in [0.4, 0.5) is 5.69 Å². The second-order valence-corrected chi connectivity index (χ2v) is 9.06. The number of anilines is 1. The van der Waals surface area contributed by atoms with Gasteiger partial charge in [0, 0.05) is 49.5 Å². The van der Waals surface area contributed by atoms with Crippen molar-refractivity contribution in [3.63, 3.8) is 0 Å². The van der Waals surface area contributed by atoms with Crippen molar-refractivity contribution >= 4 is 22.9 Å². The maximum atomic E-state index is 13.0. The summed E-state index contributed by atoms with van der Waals surface area (Å²) >= 11 is 6.27. The average molecular weight is 494 g/mol. The molecule has 3 heterocycles. The quantitative estimate of drug-likeness (QED) is 0.445. The molecule has 1 saturated heterocycles. The Hall–Kier alpha value is -3.13. The van der Waals surface area contributed by atoms with E-state index in [1.54, 1.807) is 23.8 Å². The van der Waals surface area contributed by atoms with Crippen molar-refractivity contribution in [1.82, 2.24) is 9.55 Å². The van der Waals surface area contributed by atoms with Crippen LogP contribution in [0.15, 0.2) is 59.7 Å². The first-order valence-corrected chi connectivity index (χ1v) is 12.1. The molecule has 0 amide bonds. The molecule has 0 radical (unpaired) electrons. The highest BCUT2D eigenvalue weighted by molar-refractivity contribution is 6.30. The van der Waals surface area contributed by atoms with Crippen LogP contribution in [0.1, 0.15) is 22.4 Å². The second kappa shape index (κ2) is 10.6. The Morgan fingerprint density at radius 1 is 1.11 bits per heavy atom. The van der Waals surface area contributed by atoms with Crippen molar-refractivity contribution < 1.29 is 14.2 Å². The van der Waals surface area contributed by atoms with E-state index in [0.717, 1.165) is 66.4 Å². The van der Waals surface area contributed by atoms with Gasteiger partial charge in [-0.05, 0) is 47.0 Å². The van der Waals surface area contributed by atoms with E-state index >= 15 is 0 Å². The molecule has 3 aromatic rings. The summed E-state index contributed by atoms with van der Waals surface area (Å²) in [6, 6.07) is 11.4. The van der Waals surface area contributed by atoms with Crippen molar-refractivity contribution in [2.24, 2.45) is 0 Å². The van der Waals surface area contributed by atoms with Gasteiger partial charge >= 0.3 is 0 Å². The number of ether oxygens (including phenoxy) is 3. The van der Waals surface area contributed by atoms with E-state index in [4.69, 9.17) is 30.8 Å². The van der Waals surface area contributed by atoms with E-state index in [1.807, 2.05) is 30.6 Å². The van der Waals surface area contributed by atoms with Crippen LogP contribution in [0.5, 0.6) is 5.75 Å². The highest BCUT2D eigenvalue weighted by atomic mass is 35.5. The summed E-state index contributed by atoms with van der Waals surface area (Å²) in [7, 11) is 1.63. The molecule has 1 aromatic carbocycles. The van der Waals surface area contributed by atoms with Crippen molar-refractivity contribution in [3.8, 4) is 5.75 Å². The lowest BCUT2D eigenvalue weighted by Crippen LogP contribution is -2.36. The number of hydrogen-bond acceptors (Lipinski definition) is 6. The molecule has 1 aliphatic heterocycles. The molecule has 0 atom stereocenters. The Labute approximate surface area is 209 Å². The third kappa shape index (κ3) is 5.42. The highest BCUT2D eigenvalue weighted by Crippen LogP contribution is 2.33. The van der Waals surface area contributed by atoms with Crippen molar-refractivity contribution in [2.45, 2.75) is 13.0 Å². The van der Waals surface area contributed by atoms with Crippen LogP contribution in [0, 0.1) is 0 Å². The first-order valence-electron chi connectivity index (χ1n) is 11.7. The van der Waals surface area contributed by atoms with Crippen LogP contribution in [0.2, 0.25) is 5.02 Å². The monoisotopic (exact) mass is 493 g/mol. The summed E-state index contributed by atoms with van der Waals surface area (Å²) in [5.74, 6) is 0.658. The van der Waals surface area contributed by atoms with Crippen LogP contribution >= 0.6 is 11.6 Å². The molecular weight excluding hydrogens is 466 g/mol. The van der Waals surface area contributed by atoms with E-state index in [-0.39, 0.29) is 5.56 Å². The van der Waals surface area contributed by atoms with Crippen LogP contribution in [0.25, 0.3) is 5.57 Å². The smallest absolute Gasteiger partial charge is 0.251 e. The molecule has 0 spiro atoms. The Morgan fingerprint density at radius 2 is 1.97 bits per heavy atom. The van der Waals surface area contributed by atoms with Gasteiger partial charge in [-0.3, -0.25) is 9.78 Å². The van der Waals surface area contributed by atoms with Gasteiger partial charge < -0.3 is 23.7 Å². The molecule has 0 unspecified atom stereocenters. The molecular formula is C27H28ClN3O4. The highest BCUT2D eigenvalue weighted by Gasteiger charge is 2.20.